The normalized spacial score (nSPS) is 23.6. The largest absolute Gasteiger partial charge is 0.495 e. The van der Waals surface area contributed by atoms with Gasteiger partial charge in [-0.15, -0.1) is 0 Å². The van der Waals surface area contributed by atoms with E-state index in [4.69, 9.17) is 21.1 Å². The maximum Gasteiger partial charge on any atom is 0.316 e. The van der Waals surface area contributed by atoms with Crippen LogP contribution in [0.3, 0.4) is 0 Å². The van der Waals surface area contributed by atoms with Crippen LogP contribution < -0.4 is 19.3 Å². The SMILES string of the molecule is COc1ccc(Cl)cc1N1C[C@H](C(=O)Oc2cccc(N3C(=O)[C@H]4CC=C(C)C[C@H]4C3=O)c2)CC1=O. The van der Waals surface area contributed by atoms with Crippen molar-refractivity contribution in [3.8, 4) is 11.5 Å². The Balaban J connectivity index is 1.30. The number of benzene rings is 2. The van der Waals surface area contributed by atoms with Crippen molar-refractivity contribution < 1.29 is 28.7 Å². The predicted octanol–water partition coefficient (Wildman–Crippen LogP) is 4.15. The molecule has 3 atom stereocenters. The molecule has 0 radical (unpaired) electrons. The number of fused-ring (bicyclic) bond motifs is 1. The molecule has 0 bridgehead atoms. The highest BCUT2D eigenvalue weighted by Gasteiger charge is 2.48. The molecule has 9 heteroatoms. The summed E-state index contributed by atoms with van der Waals surface area (Å²) < 4.78 is 10.9. The first-order valence-corrected chi connectivity index (χ1v) is 12.1. The quantitative estimate of drug-likeness (QED) is 0.261. The molecule has 3 amide bonds. The van der Waals surface area contributed by atoms with Gasteiger partial charge in [0.25, 0.3) is 0 Å². The number of allylic oxidation sites excluding steroid dienone is 2. The number of carbonyl (C=O) groups excluding carboxylic acids is 4. The summed E-state index contributed by atoms with van der Waals surface area (Å²) in [5.41, 5.74) is 1.97. The van der Waals surface area contributed by atoms with Crippen molar-refractivity contribution in [3.63, 3.8) is 0 Å². The molecule has 186 valence electrons. The lowest BCUT2D eigenvalue weighted by molar-refractivity contribution is -0.139. The molecule has 2 aromatic carbocycles. The zero-order chi connectivity index (χ0) is 25.6. The first-order chi connectivity index (χ1) is 17.3. The van der Waals surface area contributed by atoms with Crippen LogP contribution in [0.4, 0.5) is 11.4 Å². The number of methoxy groups -OCH3 is 1. The van der Waals surface area contributed by atoms with E-state index in [9.17, 15) is 19.2 Å². The van der Waals surface area contributed by atoms with Crippen molar-refractivity contribution >= 4 is 46.7 Å². The number of hydrogen-bond acceptors (Lipinski definition) is 6. The minimum atomic E-state index is -0.697. The van der Waals surface area contributed by atoms with Crippen molar-refractivity contribution in [2.45, 2.75) is 26.2 Å². The smallest absolute Gasteiger partial charge is 0.316 e. The highest BCUT2D eigenvalue weighted by Crippen LogP contribution is 2.40. The summed E-state index contributed by atoms with van der Waals surface area (Å²) in [6, 6.07) is 11.3. The number of rotatable bonds is 5. The van der Waals surface area contributed by atoms with Gasteiger partial charge in [-0.3, -0.25) is 19.2 Å². The summed E-state index contributed by atoms with van der Waals surface area (Å²) in [5, 5.41) is 0.443. The lowest BCUT2D eigenvalue weighted by Crippen LogP contribution is -2.31. The van der Waals surface area contributed by atoms with E-state index in [1.54, 1.807) is 36.4 Å². The molecular formula is C27H25ClN2O6. The van der Waals surface area contributed by atoms with Crippen LogP contribution in [0.25, 0.3) is 0 Å². The predicted molar refractivity (Wildman–Crippen MR) is 133 cm³/mol. The average molecular weight is 509 g/mol. The molecule has 2 aromatic rings. The summed E-state index contributed by atoms with van der Waals surface area (Å²) in [6.45, 7) is 2.08. The lowest BCUT2D eigenvalue weighted by atomic mass is 9.82. The third-order valence-corrected chi connectivity index (χ3v) is 7.24. The van der Waals surface area contributed by atoms with Crippen LogP contribution in [0, 0.1) is 17.8 Å². The molecular weight excluding hydrogens is 484 g/mol. The van der Waals surface area contributed by atoms with Gasteiger partial charge in [0.1, 0.15) is 11.5 Å². The van der Waals surface area contributed by atoms with Gasteiger partial charge in [-0.25, -0.2) is 4.90 Å². The Kier molecular flexibility index (Phi) is 6.30. The second-order valence-corrected chi connectivity index (χ2v) is 9.79. The summed E-state index contributed by atoms with van der Waals surface area (Å²) in [6.07, 6.45) is 3.12. The molecule has 2 fully saturated rings. The topological polar surface area (TPSA) is 93.2 Å². The molecule has 5 rings (SSSR count). The minimum absolute atomic E-state index is 0.0208. The second-order valence-electron chi connectivity index (χ2n) is 9.36. The van der Waals surface area contributed by atoms with Crippen molar-refractivity contribution in [2.75, 3.05) is 23.5 Å². The molecule has 1 aliphatic carbocycles. The van der Waals surface area contributed by atoms with Crippen LogP contribution in [0.15, 0.2) is 54.1 Å². The molecule has 0 spiro atoms. The van der Waals surface area contributed by atoms with Crippen molar-refractivity contribution in [1.29, 1.82) is 0 Å². The van der Waals surface area contributed by atoms with E-state index >= 15 is 0 Å². The summed E-state index contributed by atoms with van der Waals surface area (Å²) >= 11 is 6.10. The Labute approximate surface area is 213 Å². The number of hydrogen-bond donors (Lipinski definition) is 0. The van der Waals surface area contributed by atoms with Crippen molar-refractivity contribution in [3.05, 3.63) is 59.1 Å². The van der Waals surface area contributed by atoms with Gasteiger partial charge in [-0.05, 0) is 50.1 Å². The number of amides is 3. The first-order valence-electron chi connectivity index (χ1n) is 11.8. The van der Waals surface area contributed by atoms with Gasteiger partial charge in [0.15, 0.2) is 0 Å². The van der Waals surface area contributed by atoms with Crippen molar-refractivity contribution in [2.24, 2.45) is 17.8 Å². The zero-order valence-corrected chi connectivity index (χ0v) is 20.7. The van der Waals surface area contributed by atoms with Gasteiger partial charge < -0.3 is 14.4 Å². The molecule has 36 heavy (non-hydrogen) atoms. The van der Waals surface area contributed by atoms with E-state index in [0.717, 1.165) is 5.57 Å². The Morgan fingerprint density at radius 1 is 1.03 bits per heavy atom. The Hall–Kier alpha value is -3.65. The van der Waals surface area contributed by atoms with E-state index in [1.807, 2.05) is 13.0 Å². The molecule has 2 aliphatic heterocycles. The molecule has 3 aliphatic rings. The highest BCUT2D eigenvalue weighted by atomic mass is 35.5. The van der Waals surface area contributed by atoms with Crippen LogP contribution in [0.2, 0.25) is 5.02 Å². The van der Waals surface area contributed by atoms with E-state index < -0.39 is 11.9 Å². The standard InChI is InChI=1S/C27H25ClN2O6/c1-15-6-8-20-21(10-15)26(33)30(25(20)32)18-4-3-5-19(13-18)36-27(34)16-11-24(31)29(14-16)22-12-17(28)7-9-23(22)35-2/h3-7,9,12-13,16,20-21H,8,10-11,14H2,1-2H3/t16-,20+,21-/m1/s1. The summed E-state index contributed by atoms with van der Waals surface area (Å²) in [7, 11) is 1.49. The number of ether oxygens (including phenoxy) is 2. The number of anilines is 2. The van der Waals surface area contributed by atoms with Gasteiger partial charge in [0, 0.05) is 24.1 Å². The van der Waals surface area contributed by atoms with Crippen LogP contribution in [0.5, 0.6) is 11.5 Å². The van der Waals surface area contributed by atoms with E-state index in [2.05, 4.69) is 0 Å². The number of nitrogens with zero attached hydrogens (tertiary/aromatic N) is 2. The lowest BCUT2D eigenvalue weighted by Gasteiger charge is -2.20. The molecule has 0 saturated carbocycles. The summed E-state index contributed by atoms with van der Waals surface area (Å²) in [4.78, 5) is 54.3. The van der Waals surface area contributed by atoms with Crippen LogP contribution in [-0.4, -0.2) is 37.3 Å². The van der Waals surface area contributed by atoms with E-state index in [1.165, 1.54) is 23.0 Å². The molecule has 2 saturated heterocycles. The molecule has 0 aromatic heterocycles. The number of halogens is 1. The summed E-state index contributed by atoms with van der Waals surface area (Å²) in [5.74, 6) is -2.01. The van der Waals surface area contributed by atoms with Crippen LogP contribution in [0.1, 0.15) is 26.2 Å². The first kappa shape index (κ1) is 24.1. The molecule has 0 N–H and O–H groups in total. The fraction of sp³-hybridized carbons (Fsp3) is 0.333. The Bertz CT molecular complexity index is 1300. The minimum Gasteiger partial charge on any atom is -0.495 e. The maximum atomic E-state index is 13.0. The maximum absolute atomic E-state index is 13.0. The number of imide groups is 1. The van der Waals surface area contributed by atoms with E-state index in [0.29, 0.717) is 35.0 Å². The van der Waals surface area contributed by atoms with E-state index in [-0.39, 0.29) is 48.3 Å². The molecule has 0 unspecified atom stereocenters. The van der Waals surface area contributed by atoms with Gasteiger partial charge in [0.2, 0.25) is 17.7 Å². The Morgan fingerprint density at radius 2 is 1.81 bits per heavy atom. The zero-order valence-electron chi connectivity index (χ0n) is 19.9. The fourth-order valence-corrected chi connectivity index (χ4v) is 5.32. The number of esters is 1. The third kappa shape index (κ3) is 4.26. The molecule has 8 nitrogen and oxygen atoms in total. The van der Waals surface area contributed by atoms with Gasteiger partial charge in [0.05, 0.1) is 36.2 Å². The van der Waals surface area contributed by atoms with Gasteiger partial charge >= 0.3 is 5.97 Å². The second kappa shape index (κ2) is 9.43. The number of carbonyl (C=O) groups is 4. The molecule has 2 heterocycles. The third-order valence-electron chi connectivity index (χ3n) is 7.01. The average Bonchev–Trinajstić information content (AvgIpc) is 3.36. The Morgan fingerprint density at radius 3 is 2.58 bits per heavy atom. The van der Waals surface area contributed by atoms with Crippen LogP contribution in [-0.2, 0) is 19.2 Å². The highest BCUT2D eigenvalue weighted by molar-refractivity contribution is 6.31. The van der Waals surface area contributed by atoms with Crippen molar-refractivity contribution in [1.82, 2.24) is 0 Å². The monoisotopic (exact) mass is 508 g/mol. The fourth-order valence-electron chi connectivity index (χ4n) is 5.15. The van der Waals surface area contributed by atoms with Gasteiger partial charge in [-0.2, -0.15) is 0 Å². The van der Waals surface area contributed by atoms with Gasteiger partial charge in [-0.1, -0.05) is 29.3 Å². The van der Waals surface area contributed by atoms with Crippen LogP contribution >= 0.6 is 11.6 Å².